The molecule has 0 aliphatic heterocycles. The van der Waals surface area contributed by atoms with Gasteiger partial charge in [-0.25, -0.2) is 9.78 Å². The Hall–Kier alpha value is -2.67. The molecule has 8 heteroatoms. The predicted octanol–water partition coefficient (Wildman–Crippen LogP) is 2.95. The Morgan fingerprint density at radius 3 is 2.81 bits per heavy atom. The standard InChI is InChI=1S/C13H10ClN3O4/c14-9-3-1-2-8(4-9)6-15-12-11(13(18)19)5-10(7-16-12)17(20)21/h1-5,7H,6H2,(H,15,16)(H,18,19). The first-order valence-electron chi connectivity index (χ1n) is 5.83. The van der Waals surface area contributed by atoms with Crippen molar-refractivity contribution in [3.05, 3.63) is 62.8 Å². The summed E-state index contributed by atoms with van der Waals surface area (Å²) in [6.07, 6.45) is 1.01. The Balaban J connectivity index is 2.23. The van der Waals surface area contributed by atoms with Gasteiger partial charge in [0.2, 0.25) is 0 Å². The highest BCUT2D eigenvalue weighted by molar-refractivity contribution is 6.30. The van der Waals surface area contributed by atoms with Gasteiger partial charge >= 0.3 is 5.97 Å². The third kappa shape index (κ3) is 3.67. The number of aromatic nitrogens is 1. The minimum absolute atomic E-state index is 0.0630. The van der Waals surface area contributed by atoms with Crippen LogP contribution in [0.25, 0.3) is 0 Å². The third-order valence-electron chi connectivity index (χ3n) is 2.66. The molecule has 2 rings (SSSR count). The van der Waals surface area contributed by atoms with E-state index in [2.05, 4.69) is 10.3 Å². The monoisotopic (exact) mass is 307 g/mol. The van der Waals surface area contributed by atoms with Crippen LogP contribution in [0.3, 0.4) is 0 Å². The summed E-state index contributed by atoms with van der Waals surface area (Å²) in [5.74, 6) is -1.23. The van der Waals surface area contributed by atoms with Gasteiger partial charge in [0.15, 0.2) is 0 Å². The fraction of sp³-hybridized carbons (Fsp3) is 0.0769. The van der Waals surface area contributed by atoms with Crippen molar-refractivity contribution in [3.8, 4) is 0 Å². The quantitative estimate of drug-likeness (QED) is 0.650. The van der Waals surface area contributed by atoms with Crippen LogP contribution < -0.4 is 5.32 Å². The summed E-state index contributed by atoms with van der Waals surface area (Å²) < 4.78 is 0. The van der Waals surface area contributed by atoms with Gasteiger partial charge in [0.25, 0.3) is 5.69 Å². The van der Waals surface area contributed by atoms with E-state index in [0.717, 1.165) is 17.8 Å². The lowest BCUT2D eigenvalue weighted by molar-refractivity contribution is -0.385. The van der Waals surface area contributed by atoms with Crippen molar-refractivity contribution in [3.63, 3.8) is 0 Å². The van der Waals surface area contributed by atoms with E-state index in [-0.39, 0.29) is 17.1 Å². The Labute approximate surface area is 124 Å². The summed E-state index contributed by atoms with van der Waals surface area (Å²) in [4.78, 5) is 24.9. The van der Waals surface area contributed by atoms with Crippen LogP contribution in [0.15, 0.2) is 36.5 Å². The van der Waals surface area contributed by atoms with Crippen LogP contribution in [0.1, 0.15) is 15.9 Å². The molecule has 0 aliphatic rings. The van der Waals surface area contributed by atoms with Crippen LogP contribution in [-0.4, -0.2) is 21.0 Å². The zero-order valence-corrected chi connectivity index (χ0v) is 11.4. The van der Waals surface area contributed by atoms with E-state index >= 15 is 0 Å². The molecule has 1 heterocycles. The summed E-state index contributed by atoms with van der Waals surface area (Å²) in [5, 5.41) is 23.1. The van der Waals surface area contributed by atoms with Crippen LogP contribution in [0.5, 0.6) is 0 Å². The SMILES string of the molecule is O=C(O)c1cc([N+](=O)[O-])cnc1NCc1cccc(Cl)c1. The Morgan fingerprint density at radius 2 is 2.19 bits per heavy atom. The Morgan fingerprint density at radius 1 is 1.43 bits per heavy atom. The van der Waals surface area contributed by atoms with E-state index in [1.165, 1.54) is 0 Å². The van der Waals surface area contributed by atoms with Gasteiger partial charge in [0, 0.05) is 17.6 Å². The number of hydrogen-bond donors (Lipinski definition) is 2. The van der Waals surface area contributed by atoms with E-state index in [0.29, 0.717) is 11.6 Å². The first-order valence-corrected chi connectivity index (χ1v) is 6.21. The molecule has 0 amide bonds. The van der Waals surface area contributed by atoms with E-state index in [1.807, 2.05) is 6.07 Å². The summed E-state index contributed by atoms with van der Waals surface area (Å²) in [6, 6.07) is 7.99. The molecular formula is C13H10ClN3O4. The zero-order valence-electron chi connectivity index (χ0n) is 10.6. The first-order chi connectivity index (χ1) is 9.97. The van der Waals surface area contributed by atoms with Crippen LogP contribution >= 0.6 is 11.6 Å². The number of carboxylic acids is 1. The number of aromatic carboxylic acids is 1. The molecule has 0 fully saturated rings. The molecule has 2 aromatic rings. The van der Waals surface area contributed by atoms with Crippen molar-refractivity contribution >= 4 is 29.1 Å². The number of nitrogens with one attached hydrogen (secondary N) is 1. The zero-order chi connectivity index (χ0) is 15.4. The molecule has 1 aromatic heterocycles. The maximum absolute atomic E-state index is 11.1. The van der Waals surface area contributed by atoms with Crippen molar-refractivity contribution in [2.24, 2.45) is 0 Å². The molecule has 0 bridgehead atoms. The highest BCUT2D eigenvalue weighted by Gasteiger charge is 2.17. The number of benzene rings is 1. The topological polar surface area (TPSA) is 105 Å². The lowest BCUT2D eigenvalue weighted by atomic mass is 10.2. The number of nitrogens with zero attached hydrogens (tertiary/aromatic N) is 2. The second-order valence-corrected chi connectivity index (χ2v) is 4.57. The highest BCUT2D eigenvalue weighted by atomic mass is 35.5. The van der Waals surface area contributed by atoms with Crippen molar-refractivity contribution in [1.29, 1.82) is 0 Å². The molecule has 2 N–H and O–H groups in total. The molecule has 1 aromatic carbocycles. The van der Waals surface area contributed by atoms with Gasteiger partial charge in [-0.1, -0.05) is 23.7 Å². The molecule has 108 valence electrons. The van der Waals surface area contributed by atoms with Gasteiger partial charge in [-0.3, -0.25) is 10.1 Å². The van der Waals surface area contributed by atoms with E-state index < -0.39 is 10.9 Å². The fourth-order valence-corrected chi connectivity index (χ4v) is 1.90. The molecule has 0 atom stereocenters. The average molecular weight is 308 g/mol. The maximum Gasteiger partial charge on any atom is 0.339 e. The van der Waals surface area contributed by atoms with Crippen molar-refractivity contribution < 1.29 is 14.8 Å². The molecule has 21 heavy (non-hydrogen) atoms. The Bertz CT molecular complexity index is 706. The number of anilines is 1. The minimum Gasteiger partial charge on any atom is -0.478 e. The van der Waals surface area contributed by atoms with Gasteiger partial charge in [-0.2, -0.15) is 0 Å². The van der Waals surface area contributed by atoms with Crippen LogP contribution in [0.2, 0.25) is 5.02 Å². The number of pyridine rings is 1. The molecule has 0 aliphatic carbocycles. The molecule has 0 unspecified atom stereocenters. The van der Waals surface area contributed by atoms with E-state index in [9.17, 15) is 14.9 Å². The Kier molecular flexibility index (Phi) is 4.34. The number of nitro groups is 1. The van der Waals surface area contributed by atoms with E-state index in [1.54, 1.807) is 18.2 Å². The molecular weight excluding hydrogens is 298 g/mol. The average Bonchev–Trinajstić information content (AvgIpc) is 2.44. The third-order valence-corrected chi connectivity index (χ3v) is 2.90. The summed E-state index contributed by atoms with van der Waals surface area (Å²) >= 11 is 5.85. The first kappa shape index (κ1) is 14.7. The van der Waals surface area contributed by atoms with Crippen molar-refractivity contribution in [2.75, 3.05) is 5.32 Å². The second-order valence-electron chi connectivity index (χ2n) is 4.14. The number of carboxylic acid groups (broad SMARTS) is 1. The van der Waals surface area contributed by atoms with Crippen LogP contribution in [0.4, 0.5) is 11.5 Å². The summed E-state index contributed by atoms with van der Waals surface area (Å²) in [7, 11) is 0. The maximum atomic E-state index is 11.1. The van der Waals surface area contributed by atoms with Crippen molar-refractivity contribution in [2.45, 2.75) is 6.54 Å². The van der Waals surface area contributed by atoms with Crippen LogP contribution in [-0.2, 0) is 6.54 Å². The number of carbonyl (C=O) groups is 1. The molecule has 7 nitrogen and oxygen atoms in total. The lowest BCUT2D eigenvalue weighted by Gasteiger charge is -2.08. The second kappa shape index (κ2) is 6.19. The molecule has 0 spiro atoms. The largest absolute Gasteiger partial charge is 0.478 e. The number of halogens is 1. The highest BCUT2D eigenvalue weighted by Crippen LogP contribution is 2.20. The normalized spacial score (nSPS) is 10.1. The summed E-state index contributed by atoms with van der Waals surface area (Å²) in [6.45, 7) is 0.297. The molecule has 0 saturated heterocycles. The number of hydrogen-bond acceptors (Lipinski definition) is 5. The van der Waals surface area contributed by atoms with Gasteiger partial charge in [-0.05, 0) is 17.7 Å². The smallest absolute Gasteiger partial charge is 0.339 e. The lowest BCUT2D eigenvalue weighted by Crippen LogP contribution is -2.09. The minimum atomic E-state index is -1.29. The van der Waals surface area contributed by atoms with Gasteiger partial charge in [-0.15, -0.1) is 0 Å². The predicted molar refractivity (Wildman–Crippen MR) is 76.6 cm³/mol. The fourth-order valence-electron chi connectivity index (χ4n) is 1.69. The molecule has 0 saturated carbocycles. The van der Waals surface area contributed by atoms with Gasteiger partial charge in [0.1, 0.15) is 17.6 Å². The molecule has 0 radical (unpaired) electrons. The van der Waals surface area contributed by atoms with Crippen molar-refractivity contribution in [1.82, 2.24) is 4.98 Å². The van der Waals surface area contributed by atoms with E-state index in [4.69, 9.17) is 16.7 Å². The number of rotatable bonds is 5. The summed E-state index contributed by atoms with van der Waals surface area (Å²) in [5.41, 5.74) is 0.200. The van der Waals surface area contributed by atoms with Gasteiger partial charge < -0.3 is 10.4 Å². The van der Waals surface area contributed by atoms with Gasteiger partial charge in [0.05, 0.1) is 4.92 Å². The van der Waals surface area contributed by atoms with Crippen LogP contribution in [0, 0.1) is 10.1 Å².